The molecule has 0 saturated carbocycles. The lowest BCUT2D eigenvalue weighted by Gasteiger charge is -2.18. The molecule has 2 aromatic carbocycles. The van der Waals surface area contributed by atoms with Crippen LogP contribution in [0.4, 0.5) is 13.2 Å². The van der Waals surface area contributed by atoms with E-state index in [1.165, 1.54) is 19.8 Å². The number of benzene rings is 2. The van der Waals surface area contributed by atoms with Crippen LogP contribution >= 0.6 is 0 Å². The molecule has 1 heterocycles. The van der Waals surface area contributed by atoms with Gasteiger partial charge in [0.15, 0.2) is 0 Å². The third-order valence-electron chi connectivity index (χ3n) is 6.17. The van der Waals surface area contributed by atoms with Crippen LogP contribution in [0, 0.1) is 0 Å². The van der Waals surface area contributed by atoms with E-state index < -0.39 is 18.6 Å². The number of fused-ring (bicyclic) bond motifs is 1. The summed E-state index contributed by atoms with van der Waals surface area (Å²) in [5.74, 6) is -0.651. The number of carbonyl (C=O) groups excluding carboxylic acids is 1. The zero-order valence-corrected chi connectivity index (χ0v) is 22.6. The van der Waals surface area contributed by atoms with Crippen LogP contribution in [0.2, 0.25) is 0 Å². The van der Waals surface area contributed by atoms with Gasteiger partial charge in [0, 0.05) is 23.8 Å². The van der Waals surface area contributed by atoms with Crippen molar-refractivity contribution in [3.63, 3.8) is 0 Å². The first kappa shape index (κ1) is 28.7. The van der Waals surface area contributed by atoms with Gasteiger partial charge < -0.3 is 14.8 Å². The second-order valence-corrected chi connectivity index (χ2v) is 9.41. The molecule has 1 amide bonds. The molecule has 3 rings (SSSR count). The Labute approximate surface area is 220 Å². The Hall–Kier alpha value is -3.82. The molecule has 38 heavy (non-hydrogen) atoms. The summed E-state index contributed by atoms with van der Waals surface area (Å²) in [5.41, 5.74) is 5.28. The zero-order chi connectivity index (χ0) is 28.2. The van der Waals surface area contributed by atoms with Crippen LogP contribution < -0.4 is 14.8 Å². The van der Waals surface area contributed by atoms with Gasteiger partial charge in [0.1, 0.15) is 29.9 Å². The molecule has 0 bridgehead atoms. The summed E-state index contributed by atoms with van der Waals surface area (Å²) in [6, 6.07) is 9.19. The van der Waals surface area contributed by atoms with E-state index in [2.05, 4.69) is 24.9 Å². The number of allylic oxidation sites excluding steroid dienone is 2. The SMILES string of the molecule is COc1cc(-n2cnc3cc(C(C)C(C)/N=C(/C)C=C(C)C)ccc32)cc(OC)c1C(=O)NCC(F)(F)F. The number of methoxy groups -OCH3 is 2. The molecular formula is C28H33F3N4O3. The van der Waals surface area contributed by atoms with Crippen molar-refractivity contribution in [2.24, 2.45) is 4.99 Å². The quantitative estimate of drug-likeness (QED) is 0.332. The Morgan fingerprint density at radius 1 is 1.11 bits per heavy atom. The second kappa shape index (κ2) is 11.7. The van der Waals surface area contributed by atoms with Gasteiger partial charge in [0.05, 0.1) is 37.0 Å². The number of nitrogens with zero attached hydrogens (tertiary/aromatic N) is 3. The van der Waals surface area contributed by atoms with E-state index in [0.717, 1.165) is 22.3 Å². The topological polar surface area (TPSA) is 77.7 Å². The van der Waals surface area contributed by atoms with Gasteiger partial charge >= 0.3 is 6.18 Å². The summed E-state index contributed by atoms with van der Waals surface area (Å²) in [6.07, 6.45) is -0.851. The highest BCUT2D eigenvalue weighted by Gasteiger charge is 2.30. The number of imidazole rings is 1. The molecule has 0 aliphatic heterocycles. The number of halogens is 3. The van der Waals surface area contributed by atoms with Crippen LogP contribution in [0.5, 0.6) is 11.5 Å². The van der Waals surface area contributed by atoms with Gasteiger partial charge in [-0.15, -0.1) is 0 Å². The number of aliphatic imine (C=N–C) groups is 1. The lowest BCUT2D eigenvalue weighted by atomic mass is 9.94. The molecule has 1 N–H and O–H groups in total. The van der Waals surface area contributed by atoms with Gasteiger partial charge in [0.25, 0.3) is 5.91 Å². The number of amides is 1. The average molecular weight is 531 g/mol. The van der Waals surface area contributed by atoms with Gasteiger partial charge in [-0.3, -0.25) is 14.4 Å². The standard InChI is InChI=1S/C28H33F3N4O3/c1-16(2)10-17(3)34-19(5)18(4)20-8-9-23-22(11-20)33-15-35(23)21-12-24(37-6)26(25(13-21)38-7)27(36)32-14-28(29,30)31/h8-13,15,18-19H,14H2,1-7H3,(H,32,36)/b34-17-. The first-order valence-electron chi connectivity index (χ1n) is 12.1. The van der Waals surface area contributed by atoms with Crippen LogP contribution in [-0.4, -0.2) is 54.2 Å². The fourth-order valence-electron chi connectivity index (χ4n) is 4.22. The summed E-state index contributed by atoms with van der Waals surface area (Å²) >= 11 is 0. The molecule has 0 saturated heterocycles. The number of alkyl halides is 3. The van der Waals surface area contributed by atoms with Crippen LogP contribution in [0.3, 0.4) is 0 Å². The molecule has 0 aliphatic carbocycles. The lowest BCUT2D eigenvalue weighted by Crippen LogP contribution is -2.34. The highest BCUT2D eigenvalue weighted by atomic mass is 19.4. The van der Waals surface area contributed by atoms with E-state index in [4.69, 9.17) is 14.5 Å². The summed E-state index contributed by atoms with van der Waals surface area (Å²) in [6.45, 7) is 8.82. The van der Waals surface area contributed by atoms with E-state index in [9.17, 15) is 18.0 Å². The van der Waals surface area contributed by atoms with Gasteiger partial charge in [-0.2, -0.15) is 13.2 Å². The predicted octanol–water partition coefficient (Wildman–Crippen LogP) is 6.25. The minimum atomic E-state index is -4.54. The molecule has 3 aromatic rings. The highest BCUT2D eigenvalue weighted by molar-refractivity contribution is 6.00. The smallest absolute Gasteiger partial charge is 0.405 e. The number of hydrogen-bond donors (Lipinski definition) is 1. The van der Waals surface area contributed by atoms with Crippen LogP contribution in [0.1, 0.15) is 56.5 Å². The van der Waals surface area contributed by atoms with E-state index in [1.807, 2.05) is 44.3 Å². The second-order valence-electron chi connectivity index (χ2n) is 9.41. The van der Waals surface area contributed by atoms with Crippen LogP contribution in [0.15, 0.2) is 53.3 Å². The molecule has 0 aliphatic rings. The van der Waals surface area contributed by atoms with E-state index in [1.54, 1.807) is 23.0 Å². The largest absolute Gasteiger partial charge is 0.496 e. The predicted molar refractivity (Wildman–Crippen MR) is 143 cm³/mol. The maximum Gasteiger partial charge on any atom is 0.405 e. The number of rotatable bonds is 9. The van der Waals surface area contributed by atoms with Crippen molar-refractivity contribution in [3.8, 4) is 17.2 Å². The third kappa shape index (κ3) is 6.73. The molecular weight excluding hydrogens is 497 g/mol. The maximum atomic E-state index is 12.6. The molecule has 0 spiro atoms. The van der Waals surface area contributed by atoms with Gasteiger partial charge in [-0.05, 0) is 51.5 Å². The third-order valence-corrected chi connectivity index (χ3v) is 6.17. The Morgan fingerprint density at radius 2 is 1.74 bits per heavy atom. The van der Waals surface area contributed by atoms with E-state index >= 15 is 0 Å². The molecule has 0 radical (unpaired) electrons. The summed E-state index contributed by atoms with van der Waals surface area (Å²) in [7, 11) is 2.67. The van der Waals surface area contributed by atoms with E-state index in [0.29, 0.717) is 5.69 Å². The number of ether oxygens (including phenoxy) is 2. The number of carbonyl (C=O) groups is 1. The molecule has 204 valence electrons. The number of nitrogens with one attached hydrogen (secondary N) is 1. The van der Waals surface area contributed by atoms with Crippen molar-refractivity contribution >= 4 is 22.7 Å². The Kier molecular flexibility index (Phi) is 8.85. The minimum absolute atomic E-state index is 0.0645. The van der Waals surface area contributed by atoms with Crippen molar-refractivity contribution in [2.75, 3.05) is 20.8 Å². The summed E-state index contributed by atoms with van der Waals surface area (Å²) in [5, 5.41) is 1.86. The Morgan fingerprint density at radius 3 is 2.29 bits per heavy atom. The highest BCUT2D eigenvalue weighted by Crippen LogP contribution is 2.34. The molecule has 2 atom stereocenters. The molecule has 1 aromatic heterocycles. The van der Waals surface area contributed by atoms with Crippen LogP contribution in [-0.2, 0) is 0 Å². The van der Waals surface area contributed by atoms with Gasteiger partial charge in [-0.25, -0.2) is 4.98 Å². The number of hydrogen-bond acceptors (Lipinski definition) is 5. The molecule has 7 nitrogen and oxygen atoms in total. The minimum Gasteiger partial charge on any atom is -0.496 e. The van der Waals surface area contributed by atoms with Gasteiger partial charge in [-0.1, -0.05) is 18.6 Å². The summed E-state index contributed by atoms with van der Waals surface area (Å²) in [4.78, 5) is 21.9. The molecule has 10 heteroatoms. The zero-order valence-electron chi connectivity index (χ0n) is 22.6. The Bertz CT molecular complexity index is 1350. The monoisotopic (exact) mass is 530 g/mol. The molecule has 2 unspecified atom stereocenters. The lowest BCUT2D eigenvalue weighted by molar-refractivity contribution is -0.123. The van der Waals surface area contributed by atoms with Crippen LogP contribution in [0.25, 0.3) is 16.7 Å². The average Bonchev–Trinajstić information content (AvgIpc) is 3.28. The normalized spacial score (nSPS) is 13.7. The molecule has 0 fully saturated rings. The fraction of sp³-hybridized carbons (Fsp3) is 0.393. The van der Waals surface area contributed by atoms with Crippen molar-refractivity contribution in [3.05, 3.63) is 59.4 Å². The fourth-order valence-corrected chi connectivity index (χ4v) is 4.22. The summed E-state index contributed by atoms with van der Waals surface area (Å²) < 4.78 is 50.4. The van der Waals surface area contributed by atoms with E-state index in [-0.39, 0.29) is 29.0 Å². The maximum absolute atomic E-state index is 12.6. The van der Waals surface area contributed by atoms with Crippen molar-refractivity contribution in [2.45, 2.75) is 52.8 Å². The first-order chi connectivity index (χ1) is 17.8. The van der Waals surface area contributed by atoms with Crippen molar-refractivity contribution in [1.82, 2.24) is 14.9 Å². The van der Waals surface area contributed by atoms with Crippen molar-refractivity contribution in [1.29, 1.82) is 0 Å². The van der Waals surface area contributed by atoms with Gasteiger partial charge in [0.2, 0.25) is 0 Å². The first-order valence-corrected chi connectivity index (χ1v) is 12.1. The number of aromatic nitrogens is 2. The van der Waals surface area contributed by atoms with Crippen molar-refractivity contribution < 1.29 is 27.4 Å². The Balaban J connectivity index is 1.96.